The minimum Gasteiger partial charge on any atom is -0.455 e. The Morgan fingerprint density at radius 3 is 1.60 bits per heavy atom. The maximum atomic E-state index is 6.55. The maximum Gasteiger partial charge on any atom is 0.143 e. The van der Waals surface area contributed by atoms with Crippen molar-refractivity contribution in [1.82, 2.24) is 9.97 Å². The SMILES string of the molecule is c1ccc(-c2ccc(-c3nc4ccccc4nc3-c3ccc4oc5c6ccccc6c(-c6ccccc6)cc5c4c3)cc2)cc1. The summed E-state index contributed by atoms with van der Waals surface area (Å²) in [6, 6.07) is 54.9. The molecule has 0 saturated carbocycles. The van der Waals surface area contributed by atoms with Gasteiger partial charge in [-0.3, -0.25) is 0 Å². The Labute approximate surface area is 260 Å². The van der Waals surface area contributed by atoms with Crippen LogP contribution in [0.4, 0.5) is 0 Å². The highest BCUT2D eigenvalue weighted by Gasteiger charge is 2.18. The third-order valence-electron chi connectivity index (χ3n) is 8.67. The van der Waals surface area contributed by atoms with Gasteiger partial charge in [0.1, 0.15) is 11.2 Å². The van der Waals surface area contributed by atoms with E-state index >= 15 is 0 Å². The van der Waals surface area contributed by atoms with Crippen LogP contribution >= 0.6 is 0 Å². The molecule has 0 aliphatic carbocycles. The third kappa shape index (κ3) is 4.29. The topological polar surface area (TPSA) is 38.9 Å². The van der Waals surface area contributed by atoms with Crippen LogP contribution in [0, 0.1) is 0 Å². The fraction of sp³-hybridized carbons (Fsp3) is 0. The second-order valence-corrected chi connectivity index (χ2v) is 11.4. The first-order valence-corrected chi connectivity index (χ1v) is 15.2. The number of hydrogen-bond acceptors (Lipinski definition) is 3. The van der Waals surface area contributed by atoms with Crippen LogP contribution in [0.2, 0.25) is 0 Å². The number of nitrogens with zero attached hydrogens (tertiary/aromatic N) is 2. The molecule has 3 heteroatoms. The quantitative estimate of drug-likeness (QED) is 0.210. The maximum absolute atomic E-state index is 6.55. The lowest BCUT2D eigenvalue weighted by Gasteiger charge is -2.12. The van der Waals surface area contributed by atoms with E-state index in [2.05, 4.69) is 127 Å². The Hall–Kier alpha value is -6.06. The summed E-state index contributed by atoms with van der Waals surface area (Å²) in [5.74, 6) is 0. The van der Waals surface area contributed by atoms with E-state index in [0.29, 0.717) is 0 Å². The van der Waals surface area contributed by atoms with E-state index in [1.54, 1.807) is 0 Å². The minimum atomic E-state index is 0.849. The average molecular weight is 575 g/mol. The summed E-state index contributed by atoms with van der Waals surface area (Å²) >= 11 is 0. The first kappa shape index (κ1) is 25.4. The van der Waals surface area contributed by atoms with Crippen molar-refractivity contribution in [3.05, 3.63) is 158 Å². The zero-order valence-electron chi connectivity index (χ0n) is 24.3. The number of aromatic nitrogens is 2. The molecule has 0 fully saturated rings. The number of rotatable bonds is 4. The van der Waals surface area contributed by atoms with E-state index in [9.17, 15) is 0 Å². The van der Waals surface area contributed by atoms with Gasteiger partial charge < -0.3 is 4.42 Å². The standard InChI is InChI=1S/C42H26N2O/c1-3-11-27(12-4-1)28-19-21-30(22-20-28)40-41(44-38-18-10-9-17-37(38)43-40)31-23-24-39-35(25-31)36-26-34(29-13-5-2-6-14-29)32-15-7-8-16-33(32)42(36)45-39/h1-26H. The van der Waals surface area contributed by atoms with Gasteiger partial charge in [0.15, 0.2) is 0 Å². The zero-order chi connectivity index (χ0) is 29.7. The number of furan rings is 1. The summed E-state index contributed by atoms with van der Waals surface area (Å²) in [6.07, 6.45) is 0. The molecule has 0 amide bonds. The van der Waals surface area contributed by atoms with Crippen molar-refractivity contribution >= 4 is 43.7 Å². The van der Waals surface area contributed by atoms with E-state index in [1.165, 1.54) is 27.6 Å². The summed E-state index contributed by atoms with van der Waals surface area (Å²) in [6.45, 7) is 0. The largest absolute Gasteiger partial charge is 0.455 e. The highest BCUT2D eigenvalue weighted by atomic mass is 16.3. The van der Waals surface area contributed by atoms with Crippen molar-refractivity contribution in [2.75, 3.05) is 0 Å². The average Bonchev–Trinajstić information content (AvgIpc) is 3.50. The highest BCUT2D eigenvalue weighted by molar-refractivity contribution is 6.19. The summed E-state index contributed by atoms with van der Waals surface area (Å²) in [4.78, 5) is 10.4. The fourth-order valence-corrected chi connectivity index (χ4v) is 6.46. The normalized spacial score (nSPS) is 11.6. The summed E-state index contributed by atoms with van der Waals surface area (Å²) in [5.41, 5.74) is 12.0. The summed E-state index contributed by atoms with van der Waals surface area (Å²) in [7, 11) is 0. The van der Waals surface area contributed by atoms with E-state index in [1.807, 2.05) is 30.3 Å². The summed E-state index contributed by atoms with van der Waals surface area (Å²) in [5, 5.41) is 4.44. The second-order valence-electron chi connectivity index (χ2n) is 11.4. The van der Waals surface area contributed by atoms with Crippen LogP contribution in [-0.4, -0.2) is 9.97 Å². The highest BCUT2D eigenvalue weighted by Crippen LogP contribution is 2.41. The molecular weight excluding hydrogens is 548 g/mol. The molecule has 0 bridgehead atoms. The Morgan fingerprint density at radius 1 is 0.356 bits per heavy atom. The van der Waals surface area contributed by atoms with Crippen molar-refractivity contribution in [3.63, 3.8) is 0 Å². The van der Waals surface area contributed by atoms with Crippen LogP contribution in [0.15, 0.2) is 162 Å². The smallest absolute Gasteiger partial charge is 0.143 e. The van der Waals surface area contributed by atoms with Crippen LogP contribution in [0.25, 0.3) is 88.5 Å². The van der Waals surface area contributed by atoms with Gasteiger partial charge in [0.2, 0.25) is 0 Å². The van der Waals surface area contributed by atoms with Crippen LogP contribution in [0.3, 0.4) is 0 Å². The molecule has 2 aromatic heterocycles. The van der Waals surface area contributed by atoms with Gasteiger partial charge in [-0.25, -0.2) is 9.97 Å². The molecule has 3 nitrogen and oxygen atoms in total. The predicted octanol–water partition coefficient (Wildman–Crippen LogP) is 11.4. The number of fused-ring (bicyclic) bond motifs is 6. The minimum absolute atomic E-state index is 0.849. The lowest BCUT2D eigenvalue weighted by Crippen LogP contribution is -1.95. The molecule has 0 atom stereocenters. The van der Waals surface area contributed by atoms with E-state index in [4.69, 9.17) is 14.4 Å². The Kier molecular flexibility index (Phi) is 5.82. The fourth-order valence-electron chi connectivity index (χ4n) is 6.46. The Bertz CT molecular complexity index is 2510. The van der Waals surface area contributed by atoms with Crippen molar-refractivity contribution in [2.24, 2.45) is 0 Å². The van der Waals surface area contributed by atoms with Gasteiger partial charge in [0.05, 0.1) is 22.4 Å². The van der Waals surface area contributed by atoms with Crippen LogP contribution in [0.1, 0.15) is 0 Å². The predicted molar refractivity (Wildman–Crippen MR) is 186 cm³/mol. The molecule has 0 saturated heterocycles. The van der Waals surface area contributed by atoms with Crippen molar-refractivity contribution in [2.45, 2.75) is 0 Å². The van der Waals surface area contributed by atoms with E-state index in [-0.39, 0.29) is 0 Å². The molecule has 2 heterocycles. The van der Waals surface area contributed by atoms with Gasteiger partial charge >= 0.3 is 0 Å². The first-order chi connectivity index (χ1) is 22.3. The Balaban J connectivity index is 1.26. The van der Waals surface area contributed by atoms with Crippen LogP contribution in [0.5, 0.6) is 0 Å². The molecule has 7 aromatic carbocycles. The van der Waals surface area contributed by atoms with Crippen molar-refractivity contribution in [3.8, 4) is 44.8 Å². The van der Waals surface area contributed by atoms with Gasteiger partial charge in [-0.2, -0.15) is 0 Å². The number of para-hydroxylation sites is 2. The molecule has 0 radical (unpaired) electrons. The molecule has 0 aliphatic rings. The molecule has 45 heavy (non-hydrogen) atoms. The molecule has 9 rings (SSSR count). The van der Waals surface area contributed by atoms with Gasteiger partial charge in [-0.1, -0.05) is 121 Å². The van der Waals surface area contributed by atoms with Crippen LogP contribution in [-0.2, 0) is 0 Å². The van der Waals surface area contributed by atoms with Crippen molar-refractivity contribution < 1.29 is 4.42 Å². The summed E-state index contributed by atoms with van der Waals surface area (Å²) < 4.78 is 6.55. The van der Waals surface area contributed by atoms with E-state index in [0.717, 1.165) is 60.9 Å². The molecule has 9 aromatic rings. The number of hydrogen-bond donors (Lipinski definition) is 0. The van der Waals surface area contributed by atoms with Crippen LogP contribution < -0.4 is 0 Å². The lowest BCUT2D eigenvalue weighted by atomic mass is 9.95. The van der Waals surface area contributed by atoms with Gasteiger partial charge in [-0.15, -0.1) is 0 Å². The monoisotopic (exact) mass is 574 g/mol. The first-order valence-electron chi connectivity index (χ1n) is 15.2. The molecule has 0 N–H and O–H groups in total. The lowest BCUT2D eigenvalue weighted by molar-refractivity contribution is 0.673. The van der Waals surface area contributed by atoms with Gasteiger partial charge in [0, 0.05) is 27.3 Å². The van der Waals surface area contributed by atoms with E-state index < -0.39 is 0 Å². The van der Waals surface area contributed by atoms with Gasteiger partial charge in [-0.05, 0) is 64.0 Å². The molecule has 0 spiro atoms. The molecule has 0 aliphatic heterocycles. The van der Waals surface area contributed by atoms with Crippen molar-refractivity contribution in [1.29, 1.82) is 0 Å². The molecule has 0 unspecified atom stereocenters. The Morgan fingerprint density at radius 2 is 0.889 bits per heavy atom. The molecular formula is C42H26N2O. The van der Waals surface area contributed by atoms with Gasteiger partial charge in [0.25, 0.3) is 0 Å². The third-order valence-corrected chi connectivity index (χ3v) is 8.67. The number of benzene rings is 7. The zero-order valence-corrected chi connectivity index (χ0v) is 24.3. The second kappa shape index (κ2) is 10.3. The molecule has 210 valence electrons.